The van der Waals surface area contributed by atoms with Gasteiger partial charge >= 0.3 is 0 Å². The Kier molecular flexibility index (Phi) is 7.69. The molecule has 0 saturated carbocycles. The highest BCUT2D eigenvalue weighted by atomic mass is 32.2. The Balaban J connectivity index is 2.46. The van der Waals surface area contributed by atoms with Crippen LogP contribution in [0, 0.1) is 0 Å². The van der Waals surface area contributed by atoms with Crippen molar-refractivity contribution >= 4 is 17.4 Å². The first-order chi connectivity index (χ1) is 8.81. The highest BCUT2D eigenvalue weighted by molar-refractivity contribution is 7.99. The summed E-state index contributed by atoms with van der Waals surface area (Å²) in [6.45, 7) is 5.72. The molecule has 0 aliphatic carbocycles. The summed E-state index contributed by atoms with van der Waals surface area (Å²) in [6.07, 6.45) is 1.15. The van der Waals surface area contributed by atoms with Crippen molar-refractivity contribution in [2.75, 3.05) is 30.0 Å². The third-order valence-corrected chi connectivity index (χ3v) is 3.51. The maximum Gasteiger partial charge on any atom is 0.124 e. The summed E-state index contributed by atoms with van der Waals surface area (Å²) in [4.78, 5) is 0. The van der Waals surface area contributed by atoms with Crippen molar-refractivity contribution in [1.82, 2.24) is 0 Å². The van der Waals surface area contributed by atoms with Crippen molar-refractivity contribution in [3.05, 3.63) is 23.8 Å². The first-order valence-corrected chi connectivity index (χ1v) is 7.65. The Morgan fingerprint density at radius 1 is 1.33 bits per heavy atom. The number of anilines is 1. The van der Waals surface area contributed by atoms with Crippen molar-refractivity contribution in [2.24, 2.45) is 0 Å². The van der Waals surface area contributed by atoms with Gasteiger partial charge in [0.15, 0.2) is 0 Å². The molecule has 0 aliphatic rings. The van der Waals surface area contributed by atoms with Gasteiger partial charge in [-0.15, -0.1) is 0 Å². The SMILES string of the molecule is CCOc1ccc(NCCCSCC)cc1CO. The number of thioether (sulfide) groups is 1. The van der Waals surface area contributed by atoms with Gasteiger partial charge in [0.05, 0.1) is 13.2 Å². The van der Waals surface area contributed by atoms with E-state index < -0.39 is 0 Å². The minimum Gasteiger partial charge on any atom is -0.494 e. The second kappa shape index (κ2) is 9.11. The minimum absolute atomic E-state index is 0.0105. The normalized spacial score (nSPS) is 10.4. The van der Waals surface area contributed by atoms with E-state index in [9.17, 15) is 5.11 Å². The van der Waals surface area contributed by atoms with Crippen molar-refractivity contribution in [1.29, 1.82) is 0 Å². The van der Waals surface area contributed by atoms with E-state index in [0.29, 0.717) is 6.61 Å². The molecule has 0 heterocycles. The third kappa shape index (κ3) is 5.19. The first kappa shape index (κ1) is 15.2. The average molecular weight is 269 g/mol. The summed E-state index contributed by atoms with van der Waals surface area (Å²) in [5.74, 6) is 3.14. The molecular formula is C14H23NO2S. The minimum atomic E-state index is 0.0105. The highest BCUT2D eigenvalue weighted by Crippen LogP contribution is 2.23. The van der Waals surface area contributed by atoms with Crippen LogP contribution in [0.15, 0.2) is 18.2 Å². The van der Waals surface area contributed by atoms with Crippen LogP contribution in [0.4, 0.5) is 5.69 Å². The number of ether oxygens (including phenoxy) is 1. The van der Waals surface area contributed by atoms with E-state index in [1.54, 1.807) is 0 Å². The van der Waals surface area contributed by atoms with Gasteiger partial charge in [-0.25, -0.2) is 0 Å². The predicted octanol–water partition coefficient (Wildman–Crippen LogP) is 3.13. The first-order valence-electron chi connectivity index (χ1n) is 6.50. The molecule has 2 N–H and O–H groups in total. The summed E-state index contributed by atoms with van der Waals surface area (Å²) in [5, 5.41) is 12.7. The van der Waals surface area contributed by atoms with Crippen LogP contribution in [0.5, 0.6) is 5.75 Å². The number of rotatable bonds is 9. The quantitative estimate of drug-likeness (QED) is 0.676. The van der Waals surface area contributed by atoms with E-state index in [4.69, 9.17) is 4.74 Å². The second-order valence-electron chi connectivity index (χ2n) is 3.89. The van der Waals surface area contributed by atoms with Gasteiger partial charge in [0.25, 0.3) is 0 Å². The molecule has 0 fully saturated rings. The maximum atomic E-state index is 9.30. The van der Waals surface area contributed by atoms with Crippen molar-refractivity contribution in [2.45, 2.75) is 26.9 Å². The fourth-order valence-corrected chi connectivity index (χ4v) is 2.30. The van der Waals surface area contributed by atoms with E-state index in [1.165, 1.54) is 11.5 Å². The van der Waals surface area contributed by atoms with Gasteiger partial charge < -0.3 is 15.2 Å². The molecule has 18 heavy (non-hydrogen) atoms. The van der Waals surface area contributed by atoms with Crippen LogP contribution in [0.1, 0.15) is 25.8 Å². The molecule has 1 aromatic rings. The van der Waals surface area contributed by atoms with E-state index in [0.717, 1.165) is 30.0 Å². The molecule has 0 bridgehead atoms. The molecule has 3 nitrogen and oxygen atoms in total. The molecule has 1 aromatic carbocycles. The Hall–Kier alpha value is -0.870. The molecule has 0 aliphatic heterocycles. The topological polar surface area (TPSA) is 41.5 Å². The largest absolute Gasteiger partial charge is 0.494 e. The Labute approximate surface area is 114 Å². The highest BCUT2D eigenvalue weighted by Gasteiger charge is 2.03. The van der Waals surface area contributed by atoms with E-state index in [2.05, 4.69) is 12.2 Å². The molecule has 102 valence electrons. The zero-order valence-corrected chi connectivity index (χ0v) is 12.1. The van der Waals surface area contributed by atoms with Gasteiger partial charge in [-0.2, -0.15) is 11.8 Å². The van der Waals surface area contributed by atoms with Gasteiger partial charge in [0.2, 0.25) is 0 Å². The molecular weight excluding hydrogens is 246 g/mol. The molecule has 0 unspecified atom stereocenters. The van der Waals surface area contributed by atoms with E-state index >= 15 is 0 Å². The van der Waals surface area contributed by atoms with Crippen molar-refractivity contribution < 1.29 is 9.84 Å². The predicted molar refractivity (Wildman–Crippen MR) is 79.6 cm³/mol. The van der Waals surface area contributed by atoms with Gasteiger partial charge in [-0.1, -0.05) is 6.92 Å². The van der Waals surface area contributed by atoms with E-state index in [-0.39, 0.29) is 6.61 Å². The molecule has 0 radical (unpaired) electrons. The van der Waals surface area contributed by atoms with Crippen LogP contribution < -0.4 is 10.1 Å². The van der Waals surface area contributed by atoms with Crippen LogP contribution in [0.2, 0.25) is 0 Å². The Bertz CT molecular complexity index is 345. The van der Waals surface area contributed by atoms with Gasteiger partial charge in [0.1, 0.15) is 5.75 Å². The number of hydrogen-bond acceptors (Lipinski definition) is 4. The van der Waals surface area contributed by atoms with Crippen LogP contribution in [0.3, 0.4) is 0 Å². The van der Waals surface area contributed by atoms with Gasteiger partial charge in [-0.05, 0) is 43.0 Å². The molecule has 0 amide bonds. The lowest BCUT2D eigenvalue weighted by atomic mass is 10.2. The van der Waals surface area contributed by atoms with Gasteiger partial charge in [0, 0.05) is 17.8 Å². The Morgan fingerprint density at radius 3 is 2.83 bits per heavy atom. The van der Waals surface area contributed by atoms with Crippen LogP contribution in [-0.4, -0.2) is 29.8 Å². The lowest BCUT2D eigenvalue weighted by Gasteiger charge is -2.12. The summed E-state index contributed by atoms with van der Waals surface area (Å²) < 4.78 is 5.45. The molecule has 0 atom stereocenters. The summed E-state index contributed by atoms with van der Waals surface area (Å²) in [6, 6.07) is 5.87. The fourth-order valence-electron chi connectivity index (χ4n) is 1.66. The molecule has 1 rings (SSSR count). The van der Waals surface area contributed by atoms with Crippen LogP contribution in [0.25, 0.3) is 0 Å². The monoisotopic (exact) mass is 269 g/mol. The smallest absolute Gasteiger partial charge is 0.124 e. The van der Waals surface area contributed by atoms with Crippen molar-refractivity contribution in [3.63, 3.8) is 0 Å². The zero-order valence-electron chi connectivity index (χ0n) is 11.2. The second-order valence-corrected chi connectivity index (χ2v) is 5.28. The zero-order chi connectivity index (χ0) is 13.2. The van der Waals surface area contributed by atoms with Crippen LogP contribution in [-0.2, 0) is 6.61 Å². The standard InChI is InChI=1S/C14H23NO2S/c1-3-17-14-7-6-13(10-12(14)11-16)15-8-5-9-18-4-2/h6-7,10,15-16H,3-5,8-9,11H2,1-2H3. The lowest BCUT2D eigenvalue weighted by molar-refractivity contribution is 0.267. The molecule has 0 spiro atoms. The summed E-state index contributed by atoms with van der Waals surface area (Å²) >= 11 is 1.96. The molecule has 0 saturated heterocycles. The number of hydrogen-bond donors (Lipinski definition) is 2. The van der Waals surface area contributed by atoms with E-state index in [1.807, 2.05) is 36.9 Å². The fraction of sp³-hybridized carbons (Fsp3) is 0.571. The number of aliphatic hydroxyl groups excluding tert-OH is 1. The third-order valence-electron chi connectivity index (χ3n) is 2.53. The van der Waals surface area contributed by atoms with Gasteiger partial charge in [-0.3, -0.25) is 0 Å². The number of nitrogens with one attached hydrogen (secondary N) is 1. The lowest BCUT2D eigenvalue weighted by Crippen LogP contribution is -2.04. The number of aliphatic hydroxyl groups is 1. The Morgan fingerprint density at radius 2 is 2.17 bits per heavy atom. The maximum absolute atomic E-state index is 9.30. The average Bonchev–Trinajstić information content (AvgIpc) is 2.40. The molecule has 4 heteroatoms. The van der Waals surface area contributed by atoms with Crippen molar-refractivity contribution in [3.8, 4) is 5.75 Å². The number of benzene rings is 1. The van der Waals surface area contributed by atoms with Crippen LogP contribution >= 0.6 is 11.8 Å². The summed E-state index contributed by atoms with van der Waals surface area (Å²) in [7, 11) is 0. The molecule has 0 aromatic heterocycles. The summed E-state index contributed by atoms with van der Waals surface area (Å²) in [5.41, 5.74) is 1.88.